The number of aryl methyl sites for hydroxylation is 2. The second kappa shape index (κ2) is 4.47. The molecular formula is C10H11BrN4S. The lowest BCUT2D eigenvalue weighted by atomic mass is 10.2. The van der Waals surface area contributed by atoms with E-state index in [0.717, 1.165) is 26.4 Å². The highest BCUT2D eigenvalue weighted by atomic mass is 79.9. The van der Waals surface area contributed by atoms with Crippen molar-refractivity contribution in [1.82, 2.24) is 15.2 Å². The zero-order valence-electron chi connectivity index (χ0n) is 8.91. The molecule has 0 atom stereocenters. The second-order valence-corrected chi connectivity index (χ2v) is 5.31. The second-order valence-electron chi connectivity index (χ2n) is 3.44. The number of H-pyrrole nitrogens is 1. The Morgan fingerprint density at radius 1 is 1.38 bits per heavy atom. The van der Waals surface area contributed by atoms with Gasteiger partial charge in [-0.3, -0.25) is 5.10 Å². The van der Waals surface area contributed by atoms with Gasteiger partial charge in [0.2, 0.25) is 5.16 Å². The Morgan fingerprint density at radius 2 is 2.12 bits per heavy atom. The predicted octanol–water partition coefficient (Wildman–Crippen LogP) is 2.92. The van der Waals surface area contributed by atoms with Crippen molar-refractivity contribution in [1.29, 1.82) is 0 Å². The molecule has 0 saturated heterocycles. The molecule has 84 valence electrons. The third kappa shape index (κ3) is 2.38. The number of nitrogens with zero attached hydrogens (tertiary/aromatic N) is 2. The molecule has 0 bridgehead atoms. The van der Waals surface area contributed by atoms with Gasteiger partial charge in [0.15, 0.2) is 0 Å². The molecule has 0 spiro atoms. The van der Waals surface area contributed by atoms with Crippen molar-refractivity contribution in [3.63, 3.8) is 0 Å². The molecule has 16 heavy (non-hydrogen) atoms. The summed E-state index contributed by atoms with van der Waals surface area (Å²) in [4.78, 5) is 5.30. The van der Waals surface area contributed by atoms with E-state index >= 15 is 0 Å². The fraction of sp³-hybridized carbons (Fsp3) is 0.200. The fourth-order valence-corrected chi connectivity index (χ4v) is 2.68. The molecule has 6 heteroatoms. The molecule has 1 aromatic carbocycles. The quantitative estimate of drug-likeness (QED) is 0.837. The van der Waals surface area contributed by atoms with Gasteiger partial charge in [-0.1, -0.05) is 0 Å². The van der Waals surface area contributed by atoms with Crippen LogP contribution in [0.15, 0.2) is 26.7 Å². The van der Waals surface area contributed by atoms with Crippen LogP contribution in [0.5, 0.6) is 0 Å². The van der Waals surface area contributed by atoms with Gasteiger partial charge in [0.05, 0.1) is 0 Å². The summed E-state index contributed by atoms with van der Waals surface area (Å²) in [5.41, 5.74) is 7.64. The number of hydrogen-bond acceptors (Lipinski definition) is 4. The molecule has 0 amide bonds. The Labute approximate surface area is 106 Å². The summed E-state index contributed by atoms with van der Waals surface area (Å²) >= 11 is 4.98. The molecular weight excluding hydrogens is 288 g/mol. The van der Waals surface area contributed by atoms with Crippen molar-refractivity contribution in [2.24, 2.45) is 0 Å². The van der Waals surface area contributed by atoms with Crippen molar-refractivity contribution in [3.05, 3.63) is 28.0 Å². The Hall–Kier alpha value is -1.01. The number of nitrogen functional groups attached to an aromatic ring is 1. The Morgan fingerprint density at radius 3 is 2.75 bits per heavy atom. The van der Waals surface area contributed by atoms with Gasteiger partial charge >= 0.3 is 0 Å². The van der Waals surface area contributed by atoms with Gasteiger partial charge in [-0.15, -0.1) is 5.10 Å². The van der Waals surface area contributed by atoms with Crippen LogP contribution in [0, 0.1) is 13.8 Å². The molecule has 0 aliphatic heterocycles. The molecule has 1 heterocycles. The summed E-state index contributed by atoms with van der Waals surface area (Å²) in [7, 11) is 0. The van der Waals surface area contributed by atoms with Crippen LogP contribution in [0.4, 0.5) is 5.69 Å². The minimum Gasteiger partial charge on any atom is -0.398 e. The van der Waals surface area contributed by atoms with Crippen molar-refractivity contribution in [2.45, 2.75) is 23.9 Å². The number of rotatable bonds is 2. The number of aromatic amines is 1. The minimum atomic E-state index is 0.711. The Bertz CT molecular complexity index is 524. The summed E-state index contributed by atoms with van der Waals surface area (Å²) in [6.07, 6.45) is 0. The highest BCUT2D eigenvalue weighted by Crippen LogP contribution is 2.34. The standard InChI is InChI=1S/C10H11BrN4S/c1-5-3-9(7(11)4-8(5)12)16-10-13-6(2)14-15-10/h3-4H,12H2,1-2H3,(H,13,14,15). The molecule has 0 unspecified atom stereocenters. The number of anilines is 1. The first-order chi connectivity index (χ1) is 7.56. The van der Waals surface area contributed by atoms with Gasteiger partial charge in [0, 0.05) is 15.1 Å². The molecule has 0 saturated carbocycles. The topological polar surface area (TPSA) is 67.6 Å². The highest BCUT2D eigenvalue weighted by Gasteiger charge is 2.08. The zero-order chi connectivity index (χ0) is 11.7. The summed E-state index contributed by atoms with van der Waals surface area (Å²) in [6, 6.07) is 3.92. The molecule has 2 aromatic rings. The molecule has 0 radical (unpaired) electrons. The number of halogens is 1. The van der Waals surface area contributed by atoms with Crippen molar-refractivity contribution in [3.8, 4) is 0 Å². The van der Waals surface area contributed by atoms with E-state index in [4.69, 9.17) is 5.73 Å². The van der Waals surface area contributed by atoms with E-state index in [1.54, 1.807) is 0 Å². The van der Waals surface area contributed by atoms with Crippen LogP contribution in [0.3, 0.4) is 0 Å². The predicted molar refractivity (Wildman–Crippen MR) is 68.5 cm³/mol. The average molecular weight is 299 g/mol. The molecule has 0 fully saturated rings. The minimum absolute atomic E-state index is 0.711. The van der Waals surface area contributed by atoms with E-state index in [0.29, 0.717) is 5.16 Å². The lowest BCUT2D eigenvalue weighted by molar-refractivity contribution is 0.969. The van der Waals surface area contributed by atoms with Crippen molar-refractivity contribution >= 4 is 33.4 Å². The SMILES string of the molecule is Cc1nc(Sc2cc(C)c(N)cc2Br)n[nH]1. The highest BCUT2D eigenvalue weighted by molar-refractivity contribution is 9.10. The van der Waals surface area contributed by atoms with Gasteiger partial charge in [-0.05, 0) is 59.2 Å². The van der Waals surface area contributed by atoms with E-state index in [2.05, 4.69) is 31.1 Å². The maximum Gasteiger partial charge on any atom is 0.213 e. The van der Waals surface area contributed by atoms with Crippen LogP contribution in [-0.4, -0.2) is 15.2 Å². The maximum atomic E-state index is 5.81. The zero-order valence-corrected chi connectivity index (χ0v) is 11.3. The Balaban J connectivity index is 2.31. The number of nitrogens with one attached hydrogen (secondary N) is 1. The third-order valence-electron chi connectivity index (χ3n) is 2.10. The van der Waals surface area contributed by atoms with E-state index in [1.807, 2.05) is 26.0 Å². The van der Waals surface area contributed by atoms with Crippen LogP contribution in [-0.2, 0) is 0 Å². The number of hydrogen-bond donors (Lipinski definition) is 2. The fourth-order valence-electron chi connectivity index (χ4n) is 1.21. The third-order valence-corrected chi connectivity index (χ3v) is 3.94. The monoisotopic (exact) mass is 298 g/mol. The molecule has 0 aliphatic carbocycles. The summed E-state index contributed by atoms with van der Waals surface area (Å²) in [6.45, 7) is 3.86. The summed E-state index contributed by atoms with van der Waals surface area (Å²) in [5.74, 6) is 0.811. The van der Waals surface area contributed by atoms with Crippen LogP contribution in [0.2, 0.25) is 0 Å². The Kier molecular flexibility index (Phi) is 3.20. The number of nitrogens with two attached hydrogens (primary N) is 1. The van der Waals surface area contributed by atoms with Crippen molar-refractivity contribution < 1.29 is 0 Å². The molecule has 2 rings (SSSR count). The first-order valence-electron chi connectivity index (χ1n) is 4.69. The largest absolute Gasteiger partial charge is 0.398 e. The van der Waals surface area contributed by atoms with Gasteiger partial charge in [-0.2, -0.15) is 0 Å². The molecule has 0 aliphatic rings. The van der Waals surface area contributed by atoms with E-state index in [-0.39, 0.29) is 0 Å². The summed E-state index contributed by atoms with van der Waals surface area (Å²) < 4.78 is 0.961. The van der Waals surface area contributed by atoms with Crippen molar-refractivity contribution in [2.75, 3.05) is 5.73 Å². The lowest BCUT2D eigenvalue weighted by Crippen LogP contribution is -1.90. The lowest BCUT2D eigenvalue weighted by Gasteiger charge is -2.05. The van der Waals surface area contributed by atoms with Crippen LogP contribution >= 0.6 is 27.7 Å². The normalized spacial score (nSPS) is 10.7. The van der Waals surface area contributed by atoms with Crippen LogP contribution in [0.25, 0.3) is 0 Å². The van der Waals surface area contributed by atoms with Gasteiger partial charge < -0.3 is 5.73 Å². The maximum absolute atomic E-state index is 5.81. The van der Waals surface area contributed by atoms with Gasteiger partial charge in [-0.25, -0.2) is 4.98 Å². The number of aromatic nitrogens is 3. The summed E-state index contributed by atoms with van der Waals surface area (Å²) in [5, 5.41) is 7.60. The van der Waals surface area contributed by atoms with Gasteiger partial charge in [0.25, 0.3) is 0 Å². The van der Waals surface area contributed by atoms with E-state index in [9.17, 15) is 0 Å². The average Bonchev–Trinajstić information content (AvgIpc) is 2.60. The van der Waals surface area contributed by atoms with E-state index in [1.165, 1.54) is 11.8 Å². The van der Waals surface area contributed by atoms with Crippen LogP contribution < -0.4 is 5.73 Å². The molecule has 4 nitrogen and oxygen atoms in total. The first-order valence-corrected chi connectivity index (χ1v) is 6.29. The molecule has 1 aromatic heterocycles. The number of benzene rings is 1. The first kappa shape index (κ1) is 11.5. The smallest absolute Gasteiger partial charge is 0.213 e. The van der Waals surface area contributed by atoms with Gasteiger partial charge in [0.1, 0.15) is 5.82 Å². The molecule has 3 N–H and O–H groups in total. The van der Waals surface area contributed by atoms with E-state index < -0.39 is 0 Å². The van der Waals surface area contributed by atoms with Crippen LogP contribution in [0.1, 0.15) is 11.4 Å².